The molecule has 0 radical (unpaired) electrons. The molecule has 1 aliphatic heterocycles. The Kier molecular flexibility index (Phi) is 4.44. The molecule has 3 heterocycles. The summed E-state index contributed by atoms with van der Waals surface area (Å²) < 4.78 is 5.36. The van der Waals surface area contributed by atoms with Crippen LogP contribution in [0.3, 0.4) is 0 Å². The fraction of sp³-hybridized carbons (Fsp3) is 0.571. The Morgan fingerprint density at radius 3 is 3.00 bits per heavy atom. The number of nitrogens with one attached hydrogen (secondary N) is 1. The molecule has 0 aliphatic carbocycles. The smallest absolute Gasteiger partial charge is 0.138 e. The van der Waals surface area contributed by atoms with Crippen LogP contribution < -0.4 is 5.32 Å². The Balaban J connectivity index is 1.63. The second-order valence-corrected chi connectivity index (χ2v) is 6.00. The van der Waals surface area contributed by atoms with Gasteiger partial charge in [-0.2, -0.15) is 0 Å². The van der Waals surface area contributed by atoms with Crippen LogP contribution in [0.4, 0.5) is 5.82 Å². The van der Waals surface area contributed by atoms with E-state index in [0.29, 0.717) is 0 Å². The van der Waals surface area contributed by atoms with Crippen LogP contribution in [0.15, 0.2) is 12.4 Å². The van der Waals surface area contributed by atoms with Crippen LogP contribution in [-0.4, -0.2) is 54.3 Å². The van der Waals surface area contributed by atoms with E-state index in [1.54, 1.807) is 17.7 Å². The van der Waals surface area contributed by atoms with Crippen molar-refractivity contribution in [1.82, 2.24) is 14.9 Å². The average molecular weight is 292 g/mol. The van der Waals surface area contributed by atoms with Gasteiger partial charge in [-0.3, -0.25) is 4.90 Å². The van der Waals surface area contributed by atoms with E-state index in [4.69, 9.17) is 4.74 Å². The maximum Gasteiger partial charge on any atom is 0.138 e. The number of ether oxygens (including phenoxy) is 1. The summed E-state index contributed by atoms with van der Waals surface area (Å²) in [5.74, 6) is 0.958. The largest absolute Gasteiger partial charge is 0.379 e. The van der Waals surface area contributed by atoms with Crippen LogP contribution >= 0.6 is 11.3 Å². The molecule has 0 spiro atoms. The predicted molar refractivity (Wildman–Crippen MR) is 82.5 cm³/mol. The van der Waals surface area contributed by atoms with E-state index in [0.717, 1.165) is 61.8 Å². The second kappa shape index (κ2) is 6.47. The van der Waals surface area contributed by atoms with Crippen molar-refractivity contribution < 1.29 is 4.74 Å². The van der Waals surface area contributed by atoms with Crippen molar-refractivity contribution in [3.05, 3.63) is 17.3 Å². The first-order valence-electron chi connectivity index (χ1n) is 7.14. The quantitative estimate of drug-likeness (QED) is 0.913. The molecular formula is C14H20N4OS. The number of rotatable bonds is 5. The predicted octanol–water partition coefficient (Wildman–Crippen LogP) is 2.00. The number of nitrogens with zero attached hydrogens (tertiary/aromatic N) is 3. The fourth-order valence-corrected chi connectivity index (χ4v) is 3.31. The van der Waals surface area contributed by atoms with E-state index < -0.39 is 0 Å². The highest BCUT2D eigenvalue weighted by Crippen LogP contribution is 2.28. The first-order chi connectivity index (χ1) is 9.86. The molecule has 6 heteroatoms. The minimum atomic E-state index is 0.849. The maximum absolute atomic E-state index is 5.36. The minimum absolute atomic E-state index is 0.849. The summed E-state index contributed by atoms with van der Waals surface area (Å²) in [5, 5.41) is 4.59. The molecule has 2 aromatic rings. The van der Waals surface area contributed by atoms with Gasteiger partial charge in [0.25, 0.3) is 0 Å². The van der Waals surface area contributed by atoms with Gasteiger partial charge >= 0.3 is 0 Å². The monoisotopic (exact) mass is 292 g/mol. The molecule has 1 fully saturated rings. The second-order valence-electron chi connectivity index (χ2n) is 4.89. The number of hydrogen-bond acceptors (Lipinski definition) is 6. The molecule has 0 unspecified atom stereocenters. The molecule has 0 bridgehead atoms. The number of morpholine rings is 1. The van der Waals surface area contributed by atoms with Crippen molar-refractivity contribution in [3.63, 3.8) is 0 Å². The van der Waals surface area contributed by atoms with Crippen molar-refractivity contribution in [2.75, 3.05) is 44.7 Å². The zero-order valence-corrected chi connectivity index (χ0v) is 12.6. The van der Waals surface area contributed by atoms with Gasteiger partial charge in [0, 0.05) is 31.1 Å². The Morgan fingerprint density at radius 2 is 2.20 bits per heavy atom. The molecule has 0 saturated carbocycles. The number of fused-ring (bicyclic) bond motifs is 1. The third-order valence-electron chi connectivity index (χ3n) is 3.55. The Morgan fingerprint density at radius 1 is 1.35 bits per heavy atom. The van der Waals surface area contributed by atoms with Crippen molar-refractivity contribution in [3.8, 4) is 0 Å². The summed E-state index contributed by atoms with van der Waals surface area (Å²) in [6.45, 7) is 7.86. The van der Waals surface area contributed by atoms with Crippen LogP contribution in [0.2, 0.25) is 0 Å². The first-order valence-corrected chi connectivity index (χ1v) is 7.96. The van der Waals surface area contributed by atoms with Gasteiger partial charge in [0.1, 0.15) is 17.0 Å². The van der Waals surface area contributed by atoms with E-state index in [1.165, 1.54) is 4.88 Å². The lowest BCUT2D eigenvalue weighted by Gasteiger charge is -2.26. The Bertz CT molecular complexity index is 565. The molecule has 0 atom stereocenters. The summed E-state index contributed by atoms with van der Waals surface area (Å²) >= 11 is 1.75. The summed E-state index contributed by atoms with van der Waals surface area (Å²) in [6.07, 6.45) is 2.70. The number of anilines is 1. The lowest BCUT2D eigenvalue weighted by Crippen LogP contribution is -2.39. The van der Waals surface area contributed by atoms with Gasteiger partial charge < -0.3 is 10.1 Å². The number of hydrogen-bond donors (Lipinski definition) is 1. The van der Waals surface area contributed by atoms with Crippen LogP contribution in [-0.2, 0) is 11.2 Å². The van der Waals surface area contributed by atoms with Gasteiger partial charge in [-0.25, -0.2) is 9.97 Å². The average Bonchev–Trinajstić information content (AvgIpc) is 2.92. The van der Waals surface area contributed by atoms with Gasteiger partial charge in [-0.05, 0) is 12.5 Å². The number of aryl methyl sites for hydroxylation is 1. The molecule has 1 saturated heterocycles. The molecule has 0 aromatic carbocycles. The van der Waals surface area contributed by atoms with Crippen LogP contribution in [0.5, 0.6) is 0 Å². The maximum atomic E-state index is 5.36. The van der Waals surface area contributed by atoms with Crippen LogP contribution in [0.1, 0.15) is 11.8 Å². The highest BCUT2D eigenvalue weighted by Gasteiger charge is 2.11. The van der Waals surface area contributed by atoms with Crippen molar-refractivity contribution >= 4 is 27.4 Å². The first kappa shape index (κ1) is 13.7. The van der Waals surface area contributed by atoms with E-state index in [-0.39, 0.29) is 0 Å². The molecule has 1 N–H and O–H groups in total. The SMILES string of the molecule is CCc1cc2c(NCCN3CCOCC3)ncnc2s1. The zero-order valence-electron chi connectivity index (χ0n) is 11.8. The molecule has 2 aromatic heterocycles. The summed E-state index contributed by atoms with van der Waals surface area (Å²) in [7, 11) is 0. The van der Waals surface area contributed by atoms with Crippen molar-refractivity contribution in [1.29, 1.82) is 0 Å². The lowest BCUT2D eigenvalue weighted by molar-refractivity contribution is 0.0398. The third kappa shape index (κ3) is 3.08. The number of aromatic nitrogens is 2. The van der Waals surface area contributed by atoms with E-state index >= 15 is 0 Å². The molecule has 3 rings (SSSR count). The van der Waals surface area contributed by atoms with Crippen LogP contribution in [0, 0.1) is 0 Å². The van der Waals surface area contributed by atoms with E-state index in [9.17, 15) is 0 Å². The van der Waals surface area contributed by atoms with Gasteiger partial charge in [0.15, 0.2) is 0 Å². The normalized spacial score (nSPS) is 16.6. The highest BCUT2D eigenvalue weighted by molar-refractivity contribution is 7.18. The molecule has 1 aliphatic rings. The minimum Gasteiger partial charge on any atom is -0.379 e. The van der Waals surface area contributed by atoms with E-state index in [1.807, 2.05) is 0 Å². The van der Waals surface area contributed by atoms with Gasteiger partial charge in [0.05, 0.1) is 18.6 Å². The highest BCUT2D eigenvalue weighted by atomic mass is 32.1. The molecular weight excluding hydrogens is 272 g/mol. The van der Waals surface area contributed by atoms with Gasteiger partial charge in [-0.1, -0.05) is 6.92 Å². The third-order valence-corrected chi connectivity index (χ3v) is 4.74. The summed E-state index contributed by atoms with van der Waals surface area (Å²) in [5.41, 5.74) is 0. The topological polar surface area (TPSA) is 50.3 Å². The summed E-state index contributed by atoms with van der Waals surface area (Å²) in [6, 6.07) is 2.21. The molecule has 0 amide bonds. The molecule has 20 heavy (non-hydrogen) atoms. The summed E-state index contributed by atoms with van der Waals surface area (Å²) in [4.78, 5) is 13.6. The van der Waals surface area contributed by atoms with Crippen molar-refractivity contribution in [2.45, 2.75) is 13.3 Å². The van der Waals surface area contributed by atoms with Crippen molar-refractivity contribution in [2.24, 2.45) is 0 Å². The molecule has 5 nitrogen and oxygen atoms in total. The fourth-order valence-electron chi connectivity index (χ4n) is 2.38. The number of thiophene rings is 1. The zero-order chi connectivity index (χ0) is 13.8. The Labute approximate surface area is 123 Å². The van der Waals surface area contributed by atoms with Gasteiger partial charge in [0.2, 0.25) is 0 Å². The molecule has 108 valence electrons. The van der Waals surface area contributed by atoms with E-state index in [2.05, 4.69) is 33.2 Å². The van der Waals surface area contributed by atoms with Gasteiger partial charge in [-0.15, -0.1) is 11.3 Å². The Hall–Kier alpha value is -1.24. The van der Waals surface area contributed by atoms with Crippen LogP contribution in [0.25, 0.3) is 10.2 Å². The lowest BCUT2D eigenvalue weighted by atomic mass is 10.3. The standard InChI is InChI=1S/C14H20N4OS/c1-2-11-9-12-13(16-10-17-14(12)20-11)15-3-4-18-5-7-19-8-6-18/h9-10H,2-8H2,1H3,(H,15,16,17).